The number of carbonyl (C=O) groups is 1. The zero-order valence-electron chi connectivity index (χ0n) is 9.18. The molecule has 0 fully saturated rings. The van der Waals surface area contributed by atoms with Crippen LogP contribution in [0.3, 0.4) is 0 Å². The van der Waals surface area contributed by atoms with Crippen LogP contribution < -0.4 is 5.32 Å². The first-order valence-corrected chi connectivity index (χ1v) is 5.89. The summed E-state index contributed by atoms with van der Waals surface area (Å²) in [6.07, 6.45) is 3.09. The maximum absolute atomic E-state index is 11.9. The van der Waals surface area contributed by atoms with Crippen molar-refractivity contribution in [3.8, 4) is 0 Å². The van der Waals surface area contributed by atoms with E-state index < -0.39 is 0 Å². The van der Waals surface area contributed by atoms with Gasteiger partial charge in [0, 0.05) is 17.2 Å². The monoisotopic (exact) mass is 298 g/mol. The van der Waals surface area contributed by atoms with Crippen LogP contribution in [0.1, 0.15) is 23.2 Å². The first kappa shape index (κ1) is 11.8. The number of rotatable bonds is 4. The first-order chi connectivity index (χ1) is 8.20. The topological polar surface area (TPSA) is 73.0 Å². The molecule has 2 aromatic rings. The van der Waals surface area contributed by atoms with Crippen molar-refractivity contribution in [1.82, 2.24) is 20.0 Å². The van der Waals surface area contributed by atoms with E-state index in [0.717, 1.165) is 11.0 Å². The van der Waals surface area contributed by atoms with Crippen LogP contribution in [0.4, 0.5) is 0 Å². The number of amides is 1. The number of nitrogens with zero attached hydrogens (tertiary/aromatic N) is 3. The van der Waals surface area contributed by atoms with Gasteiger partial charge in [-0.3, -0.25) is 4.79 Å². The Morgan fingerprint density at radius 1 is 1.65 bits per heavy atom. The average Bonchev–Trinajstić information content (AvgIpc) is 2.94. The predicted molar refractivity (Wildman–Crippen MR) is 63.3 cm³/mol. The molecule has 2 aromatic heterocycles. The summed E-state index contributed by atoms with van der Waals surface area (Å²) in [5.41, 5.74) is 0.600. The zero-order chi connectivity index (χ0) is 12.3. The second-order valence-corrected chi connectivity index (χ2v) is 4.28. The van der Waals surface area contributed by atoms with Crippen LogP contribution in [0.5, 0.6) is 0 Å². The van der Waals surface area contributed by atoms with Crippen molar-refractivity contribution in [3.05, 3.63) is 34.6 Å². The second kappa shape index (κ2) is 5.13. The van der Waals surface area contributed by atoms with Gasteiger partial charge in [0.1, 0.15) is 5.69 Å². The van der Waals surface area contributed by atoms with Gasteiger partial charge in [-0.15, -0.1) is 0 Å². The van der Waals surface area contributed by atoms with Crippen molar-refractivity contribution in [3.63, 3.8) is 0 Å². The molecule has 0 aliphatic rings. The molecule has 6 nitrogen and oxygen atoms in total. The normalized spacial score (nSPS) is 10.5. The standard InChI is InChI=1S/C10H11BrN4O2/c1-2-15-5-7(11)3-8(15)10(16)12-4-9-13-6-17-14-9/h3,5-6H,2,4H2,1H3,(H,12,16). The third-order valence-corrected chi connectivity index (χ3v) is 2.68. The van der Waals surface area contributed by atoms with Crippen molar-refractivity contribution in [2.75, 3.05) is 0 Å². The molecule has 90 valence electrons. The van der Waals surface area contributed by atoms with Crippen LogP contribution in [0.2, 0.25) is 0 Å². The number of hydrogen-bond acceptors (Lipinski definition) is 4. The number of hydrogen-bond donors (Lipinski definition) is 1. The van der Waals surface area contributed by atoms with Gasteiger partial charge in [-0.05, 0) is 28.9 Å². The van der Waals surface area contributed by atoms with Gasteiger partial charge >= 0.3 is 0 Å². The molecular weight excluding hydrogens is 288 g/mol. The molecule has 0 bridgehead atoms. The molecule has 17 heavy (non-hydrogen) atoms. The largest absolute Gasteiger partial charge is 0.343 e. The Kier molecular flexibility index (Phi) is 3.58. The predicted octanol–water partition coefficient (Wildman–Crippen LogP) is 1.58. The number of nitrogens with one attached hydrogen (secondary N) is 1. The maximum atomic E-state index is 11.9. The van der Waals surface area contributed by atoms with Crippen LogP contribution in [-0.4, -0.2) is 20.6 Å². The van der Waals surface area contributed by atoms with Crippen molar-refractivity contribution >= 4 is 21.8 Å². The summed E-state index contributed by atoms with van der Waals surface area (Å²) < 4.78 is 7.31. The van der Waals surface area contributed by atoms with Gasteiger partial charge in [0.2, 0.25) is 6.39 Å². The highest BCUT2D eigenvalue weighted by Crippen LogP contribution is 2.14. The van der Waals surface area contributed by atoms with E-state index in [1.807, 2.05) is 17.7 Å². The minimum absolute atomic E-state index is 0.164. The molecule has 7 heteroatoms. The van der Waals surface area contributed by atoms with Crippen molar-refractivity contribution in [2.24, 2.45) is 0 Å². The SMILES string of the molecule is CCn1cc(Br)cc1C(=O)NCc1ncon1. The van der Waals surface area contributed by atoms with Gasteiger partial charge in [-0.25, -0.2) is 0 Å². The smallest absolute Gasteiger partial charge is 0.268 e. The van der Waals surface area contributed by atoms with Gasteiger partial charge in [0.25, 0.3) is 5.91 Å². The molecule has 1 amide bonds. The number of carbonyl (C=O) groups excluding carboxylic acids is 1. The summed E-state index contributed by atoms with van der Waals surface area (Å²) in [6, 6.07) is 1.77. The Morgan fingerprint density at radius 2 is 2.47 bits per heavy atom. The van der Waals surface area contributed by atoms with Gasteiger partial charge in [-0.1, -0.05) is 5.16 Å². The molecule has 0 saturated heterocycles. The third kappa shape index (κ3) is 2.73. The molecule has 2 rings (SSSR count). The highest BCUT2D eigenvalue weighted by Gasteiger charge is 2.12. The van der Waals surface area contributed by atoms with Crippen LogP contribution in [0.25, 0.3) is 0 Å². The summed E-state index contributed by atoms with van der Waals surface area (Å²) in [4.78, 5) is 15.7. The molecule has 0 atom stereocenters. The molecule has 1 N–H and O–H groups in total. The van der Waals surface area contributed by atoms with Crippen LogP contribution in [0, 0.1) is 0 Å². The van der Waals surface area contributed by atoms with Gasteiger partial charge in [0.15, 0.2) is 5.82 Å². The summed E-state index contributed by atoms with van der Waals surface area (Å²) in [6.45, 7) is 2.96. The fraction of sp³-hybridized carbons (Fsp3) is 0.300. The Bertz CT molecular complexity index is 506. The van der Waals surface area contributed by atoms with Crippen molar-refractivity contribution < 1.29 is 9.32 Å². The lowest BCUT2D eigenvalue weighted by Crippen LogP contribution is -2.25. The highest BCUT2D eigenvalue weighted by atomic mass is 79.9. The van der Waals surface area contributed by atoms with Crippen molar-refractivity contribution in [1.29, 1.82) is 0 Å². The van der Waals surface area contributed by atoms with Gasteiger partial charge in [-0.2, -0.15) is 4.98 Å². The zero-order valence-corrected chi connectivity index (χ0v) is 10.8. The number of halogens is 1. The Hall–Kier alpha value is -1.63. The third-order valence-electron chi connectivity index (χ3n) is 2.25. The summed E-state index contributed by atoms with van der Waals surface area (Å²) in [5.74, 6) is 0.286. The first-order valence-electron chi connectivity index (χ1n) is 5.10. The van der Waals surface area contributed by atoms with E-state index in [-0.39, 0.29) is 12.5 Å². The Morgan fingerprint density at radius 3 is 3.12 bits per heavy atom. The lowest BCUT2D eigenvalue weighted by Gasteiger charge is -2.05. The molecule has 0 aromatic carbocycles. The maximum Gasteiger partial charge on any atom is 0.268 e. The second-order valence-electron chi connectivity index (χ2n) is 3.36. The van der Waals surface area contributed by atoms with E-state index in [9.17, 15) is 4.79 Å². The summed E-state index contributed by atoms with van der Waals surface area (Å²) in [5, 5.41) is 6.34. The Labute approximate surface area is 106 Å². The Balaban J connectivity index is 2.04. The minimum Gasteiger partial charge on any atom is -0.343 e. The van der Waals surface area contributed by atoms with E-state index in [1.54, 1.807) is 6.07 Å². The van der Waals surface area contributed by atoms with E-state index in [4.69, 9.17) is 0 Å². The fourth-order valence-corrected chi connectivity index (χ4v) is 1.91. The van der Waals surface area contributed by atoms with Gasteiger partial charge < -0.3 is 14.4 Å². The van der Waals surface area contributed by atoms with Gasteiger partial charge in [0.05, 0.1) is 6.54 Å². The summed E-state index contributed by atoms with van der Waals surface area (Å²) in [7, 11) is 0. The number of aryl methyl sites for hydroxylation is 1. The van der Waals surface area contributed by atoms with Crippen LogP contribution >= 0.6 is 15.9 Å². The molecular formula is C10H11BrN4O2. The van der Waals surface area contributed by atoms with Crippen molar-refractivity contribution in [2.45, 2.75) is 20.0 Å². The molecule has 0 radical (unpaired) electrons. The van der Waals surface area contributed by atoms with E-state index in [1.165, 1.54) is 6.39 Å². The molecule has 2 heterocycles. The van der Waals surface area contributed by atoms with E-state index >= 15 is 0 Å². The van der Waals surface area contributed by atoms with E-state index in [2.05, 4.69) is 35.9 Å². The van der Waals surface area contributed by atoms with Crippen LogP contribution in [0.15, 0.2) is 27.7 Å². The lowest BCUT2D eigenvalue weighted by atomic mass is 10.4. The average molecular weight is 299 g/mol. The molecule has 0 aliphatic carbocycles. The fourth-order valence-electron chi connectivity index (χ4n) is 1.45. The number of aromatic nitrogens is 3. The summed E-state index contributed by atoms with van der Waals surface area (Å²) >= 11 is 3.34. The highest BCUT2D eigenvalue weighted by molar-refractivity contribution is 9.10. The quantitative estimate of drug-likeness (QED) is 0.930. The minimum atomic E-state index is -0.164. The molecule has 0 unspecified atom stereocenters. The molecule has 0 spiro atoms. The molecule has 0 saturated carbocycles. The van der Waals surface area contributed by atoms with E-state index in [0.29, 0.717) is 11.5 Å². The molecule has 0 aliphatic heterocycles. The van der Waals surface area contributed by atoms with Crippen LogP contribution in [-0.2, 0) is 13.1 Å². The lowest BCUT2D eigenvalue weighted by molar-refractivity contribution is 0.0940.